The Kier molecular flexibility index (Phi) is 5.10. The lowest BCUT2D eigenvalue weighted by Crippen LogP contribution is -2.06. The monoisotopic (exact) mass is 344 g/mol. The molecule has 0 N–H and O–H groups in total. The molecule has 0 aliphatic carbocycles. The molecule has 1 aromatic heterocycles. The number of aryl methyl sites for hydroxylation is 2. The molecule has 0 saturated heterocycles. The molecule has 124 valence electrons. The Balaban J connectivity index is 1.63. The van der Waals surface area contributed by atoms with Crippen LogP contribution in [0.15, 0.2) is 47.6 Å². The average molecular weight is 344 g/mol. The Morgan fingerprint density at radius 3 is 2.50 bits per heavy atom. The summed E-state index contributed by atoms with van der Waals surface area (Å²) in [5.74, 6) is 1.05. The molecule has 0 spiro atoms. The molecule has 0 aliphatic heterocycles. The first-order valence-electron chi connectivity index (χ1n) is 7.51. The van der Waals surface area contributed by atoms with Crippen LogP contribution in [0.2, 0.25) is 0 Å². The predicted octanol–water partition coefficient (Wildman–Crippen LogP) is 3.59. The molecular weight excluding hydrogens is 327 g/mol. The molecule has 5 nitrogen and oxygen atoms in total. The second kappa shape index (κ2) is 7.44. The van der Waals surface area contributed by atoms with E-state index < -0.39 is 0 Å². The minimum Gasteiger partial charge on any atom is -0.493 e. The third-order valence-electron chi connectivity index (χ3n) is 3.49. The molecule has 3 aromatic rings. The van der Waals surface area contributed by atoms with Gasteiger partial charge in [0.1, 0.15) is 11.6 Å². The topological polar surface area (TPSA) is 52.8 Å². The summed E-state index contributed by atoms with van der Waals surface area (Å²) in [6, 6.07) is 12.1. The van der Waals surface area contributed by atoms with Crippen molar-refractivity contribution in [1.82, 2.24) is 20.2 Å². The van der Waals surface area contributed by atoms with E-state index in [-0.39, 0.29) is 5.82 Å². The average Bonchev–Trinajstić information content (AvgIpc) is 3.01. The van der Waals surface area contributed by atoms with Gasteiger partial charge < -0.3 is 4.74 Å². The van der Waals surface area contributed by atoms with E-state index in [0.717, 1.165) is 22.0 Å². The van der Waals surface area contributed by atoms with Crippen LogP contribution in [0.1, 0.15) is 11.1 Å². The number of halogens is 1. The van der Waals surface area contributed by atoms with E-state index in [9.17, 15) is 4.39 Å². The van der Waals surface area contributed by atoms with Crippen LogP contribution in [0.4, 0.5) is 4.39 Å². The van der Waals surface area contributed by atoms with Crippen molar-refractivity contribution < 1.29 is 9.13 Å². The van der Waals surface area contributed by atoms with E-state index in [1.807, 2.05) is 32.0 Å². The van der Waals surface area contributed by atoms with Crippen molar-refractivity contribution >= 4 is 11.8 Å². The van der Waals surface area contributed by atoms with Gasteiger partial charge in [0.25, 0.3) is 0 Å². The SMILES string of the molecule is Cc1cccc(C)c1-n1nnnc1SCCOc1ccc(F)cc1. The highest BCUT2D eigenvalue weighted by atomic mass is 32.2. The molecule has 0 atom stereocenters. The summed E-state index contributed by atoms with van der Waals surface area (Å²) in [6.45, 7) is 4.56. The fraction of sp³-hybridized carbons (Fsp3) is 0.235. The summed E-state index contributed by atoms with van der Waals surface area (Å²) in [7, 11) is 0. The minimum absolute atomic E-state index is 0.274. The zero-order valence-corrected chi connectivity index (χ0v) is 14.3. The smallest absolute Gasteiger partial charge is 0.214 e. The van der Waals surface area contributed by atoms with Gasteiger partial charge in [0, 0.05) is 5.75 Å². The van der Waals surface area contributed by atoms with Crippen molar-refractivity contribution in [3.8, 4) is 11.4 Å². The van der Waals surface area contributed by atoms with Crippen molar-refractivity contribution in [1.29, 1.82) is 0 Å². The lowest BCUT2D eigenvalue weighted by Gasteiger charge is -2.10. The van der Waals surface area contributed by atoms with Crippen LogP contribution >= 0.6 is 11.8 Å². The number of hydrogen-bond acceptors (Lipinski definition) is 5. The van der Waals surface area contributed by atoms with E-state index >= 15 is 0 Å². The van der Waals surface area contributed by atoms with Crippen LogP contribution < -0.4 is 4.74 Å². The van der Waals surface area contributed by atoms with Gasteiger partial charge >= 0.3 is 0 Å². The van der Waals surface area contributed by atoms with E-state index in [0.29, 0.717) is 18.1 Å². The van der Waals surface area contributed by atoms with Crippen molar-refractivity contribution in [2.45, 2.75) is 19.0 Å². The van der Waals surface area contributed by atoms with Crippen molar-refractivity contribution in [3.63, 3.8) is 0 Å². The van der Waals surface area contributed by atoms with Crippen LogP contribution in [0.5, 0.6) is 5.75 Å². The summed E-state index contributed by atoms with van der Waals surface area (Å²) in [4.78, 5) is 0. The number of para-hydroxylation sites is 1. The Hall–Kier alpha value is -2.41. The Morgan fingerprint density at radius 2 is 1.79 bits per heavy atom. The van der Waals surface area contributed by atoms with Gasteiger partial charge in [-0.3, -0.25) is 0 Å². The van der Waals surface area contributed by atoms with E-state index in [2.05, 4.69) is 15.5 Å². The molecule has 0 fully saturated rings. The number of thioether (sulfide) groups is 1. The lowest BCUT2D eigenvalue weighted by molar-refractivity contribution is 0.343. The lowest BCUT2D eigenvalue weighted by atomic mass is 10.1. The molecule has 0 unspecified atom stereocenters. The second-order valence-corrected chi connectivity index (χ2v) is 6.33. The molecule has 24 heavy (non-hydrogen) atoms. The highest BCUT2D eigenvalue weighted by molar-refractivity contribution is 7.99. The first kappa shape index (κ1) is 16.4. The van der Waals surface area contributed by atoms with Crippen LogP contribution in [0.25, 0.3) is 5.69 Å². The van der Waals surface area contributed by atoms with Gasteiger partial charge in [-0.2, -0.15) is 4.68 Å². The standard InChI is InChI=1S/C17H17FN4OS/c1-12-4-3-5-13(2)16(12)22-17(19-20-21-22)24-11-10-23-15-8-6-14(18)7-9-15/h3-9H,10-11H2,1-2H3. The molecule has 3 rings (SSSR count). The number of rotatable bonds is 6. The second-order valence-electron chi connectivity index (χ2n) is 5.26. The number of nitrogens with zero attached hydrogens (tertiary/aromatic N) is 4. The maximum absolute atomic E-state index is 12.8. The first-order chi connectivity index (χ1) is 11.6. The molecule has 0 saturated carbocycles. The summed E-state index contributed by atoms with van der Waals surface area (Å²) in [5.41, 5.74) is 3.24. The van der Waals surface area contributed by atoms with Gasteiger partial charge in [-0.05, 0) is 59.7 Å². The summed E-state index contributed by atoms with van der Waals surface area (Å²) < 4.78 is 20.2. The largest absolute Gasteiger partial charge is 0.493 e. The van der Waals surface area contributed by atoms with Gasteiger partial charge in [-0.25, -0.2) is 4.39 Å². The zero-order valence-electron chi connectivity index (χ0n) is 13.4. The number of ether oxygens (including phenoxy) is 1. The van der Waals surface area contributed by atoms with Crippen molar-refractivity contribution in [2.75, 3.05) is 12.4 Å². The van der Waals surface area contributed by atoms with Gasteiger partial charge in [-0.1, -0.05) is 30.0 Å². The third kappa shape index (κ3) is 3.73. The fourth-order valence-corrected chi connectivity index (χ4v) is 3.07. The Labute approximate surface area is 143 Å². The molecule has 0 bridgehead atoms. The van der Waals surface area contributed by atoms with Crippen LogP contribution in [0.3, 0.4) is 0 Å². The van der Waals surface area contributed by atoms with Crippen molar-refractivity contribution in [3.05, 3.63) is 59.4 Å². The van der Waals surface area contributed by atoms with Crippen molar-refractivity contribution in [2.24, 2.45) is 0 Å². The summed E-state index contributed by atoms with van der Waals surface area (Å²) in [5, 5.41) is 12.7. The number of hydrogen-bond donors (Lipinski definition) is 0. The molecule has 2 aromatic carbocycles. The third-order valence-corrected chi connectivity index (χ3v) is 4.37. The van der Waals surface area contributed by atoms with Crippen LogP contribution in [-0.2, 0) is 0 Å². The molecule has 7 heteroatoms. The summed E-state index contributed by atoms with van der Waals surface area (Å²) in [6.07, 6.45) is 0. The highest BCUT2D eigenvalue weighted by Crippen LogP contribution is 2.23. The van der Waals surface area contributed by atoms with Gasteiger partial charge in [-0.15, -0.1) is 5.10 Å². The maximum Gasteiger partial charge on any atom is 0.214 e. The first-order valence-corrected chi connectivity index (χ1v) is 8.50. The molecular formula is C17H17FN4OS. The molecule has 0 radical (unpaired) electrons. The van der Waals surface area contributed by atoms with Gasteiger partial charge in [0.2, 0.25) is 5.16 Å². The fourth-order valence-electron chi connectivity index (χ4n) is 2.37. The van der Waals surface area contributed by atoms with Gasteiger partial charge in [0.05, 0.1) is 12.3 Å². The van der Waals surface area contributed by atoms with Crippen LogP contribution in [0, 0.1) is 19.7 Å². The zero-order chi connectivity index (χ0) is 16.9. The predicted molar refractivity (Wildman–Crippen MR) is 91.2 cm³/mol. The van der Waals surface area contributed by atoms with Gasteiger partial charge in [0.15, 0.2) is 0 Å². The van der Waals surface area contributed by atoms with E-state index in [4.69, 9.17) is 4.74 Å². The quantitative estimate of drug-likeness (QED) is 0.505. The van der Waals surface area contributed by atoms with E-state index in [1.54, 1.807) is 16.8 Å². The normalized spacial score (nSPS) is 10.8. The molecule has 1 heterocycles. The van der Waals surface area contributed by atoms with Crippen LogP contribution in [-0.4, -0.2) is 32.6 Å². The maximum atomic E-state index is 12.8. The molecule has 0 amide bonds. The minimum atomic E-state index is -0.274. The highest BCUT2D eigenvalue weighted by Gasteiger charge is 2.13. The molecule has 0 aliphatic rings. The number of aromatic nitrogens is 4. The summed E-state index contributed by atoms with van der Waals surface area (Å²) >= 11 is 1.52. The Morgan fingerprint density at radius 1 is 1.08 bits per heavy atom. The number of benzene rings is 2. The van der Waals surface area contributed by atoms with E-state index in [1.165, 1.54) is 23.9 Å². The number of tetrazole rings is 1. The Bertz CT molecular complexity index is 799.